The molecule has 1 N–H and O–H groups in total. The van der Waals surface area contributed by atoms with Crippen molar-refractivity contribution in [1.29, 1.82) is 0 Å². The molecule has 0 radical (unpaired) electrons. The van der Waals surface area contributed by atoms with Crippen LogP contribution in [0.4, 0.5) is 5.69 Å². The Morgan fingerprint density at radius 1 is 0.976 bits per heavy atom. The predicted molar refractivity (Wildman–Crippen MR) is 158 cm³/mol. The number of amides is 1. The fourth-order valence-corrected chi connectivity index (χ4v) is 5.01. The van der Waals surface area contributed by atoms with Crippen molar-refractivity contribution in [1.82, 2.24) is 19.7 Å². The fraction of sp³-hybridized carbons (Fsp3) is 0.323. The van der Waals surface area contributed by atoms with Crippen LogP contribution in [0, 0.1) is 0 Å². The molecule has 0 spiro atoms. The van der Waals surface area contributed by atoms with Gasteiger partial charge in [-0.2, -0.15) is 5.10 Å². The molecule has 0 fully saturated rings. The minimum absolute atomic E-state index is 0.148. The number of aromatic nitrogens is 3. The van der Waals surface area contributed by atoms with Crippen molar-refractivity contribution in [2.45, 2.75) is 38.8 Å². The lowest BCUT2D eigenvalue weighted by Crippen LogP contribution is -2.33. The molecule has 2 heterocycles. The summed E-state index contributed by atoms with van der Waals surface area (Å²) in [6.45, 7) is 2.75. The van der Waals surface area contributed by atoms with E-state index in [4.69, 9.17) is 25.8 Å². The smallest absolute Gasteiger partial charge is 0.238 e. The molecule has 0 aliphatic carbocycles. The summed E-state index contributed by atoms with van der Waals surface area (Å²) in [6, 6.07) is 18.9. The van der Waals surface area contributed by atoms with Crippen LogP contribution in [0.25, 0.3) is 0 Å². The molecule has 0 saturated carbocycles. The van der Waals surface area contributed by atoms with Crippen LogP contribution < -0.4 is 19.5 Å². The minimum Gasteiger partial charge on any atom is -0.496 e. The first-order valence-corrected chi connectivity index (χ1v) is 14.1. The van der Waals surface area contributed by atoms with Crippen LogP contribution in [0.15, 0.2) is 73.3 Å². The monoisotopic (exact) mass is 575 g/mol. The number of benzene rings is 3. The number of nitrogens with one attached hydrogen (secondary N) is 1. The summed E-state index contributed by atoms with van der Waals surface area (Å²) in [4.78, 5) is 19.6. The standard InChI is InChI=1S/C31H34ClN5O4/c1-39-27-12-10-23(16-24(27)19-37-22-33-21-34-37)18-36-14-6-2-3-7-15-40-29-8-4-5-9-30(29)41-28-13-11-25(32)17-26(28)35-31(38)20-36/h4-5,8-13,16-17,21-22H,2-3,6-7,14-15,18-20H2,1H3,(H,35,38). The second-order valence-corrected chi connectivity index (χ2v) is 10.4. The highest BCUT2D eigenvalue weighted by Crippen LogP contribution is 2.36. The number of nitrogens with zero attached hydrogens (tertiary/aromatic N) is 4. The van der Waals surface area contributed by atoms with Gasteiger partial charge in [-0.05, 0) is 67.4 Å². The Labute approximate surface area is 245 Å². The van der Waals surface area contributed by atoms with Crippen LogP contribution in [-0.2, 0) is 17.9 Å². The van der Waals surface area contributed by atoms with Crippen LogP contribution in [0.3, 0.4) is 0 Å². The van der Waals surface area contributed by atoms with Crippen LogP contribution in [0.2, 0.25) is 5.02 Å². The van der Waals surface area contributed by atoms with E-state index in [9.17, 15) is 4.79 Å². The van der Waals surface area contributed by atoms with Crippen molar-refractivity contribution < 1.29 is 19.0 Å². The SMILES string of the molecule is COc1ccc(CN2CCCCCCOc3ccccc3Oc3ccc(Cl)cc3NC(=O)C2)cc1Cn1cncn1. The van der Waals surface area contributed by atoms with E-state index in [0.29, 0.717) is 47.7 Å². The van der Waals surface area contributed by atoms with Crippen molar-refractivity contribution in [3.63, 3.8) is 0 Å². The number of carbonyl (C=O) groups excluding carboxylic acids is 1. The van der Waals surface area contributed by atoms with Crippen molar-refractivity contribution in [3.05, 3.63) is 89.5 Å². The molecule has 214 valence electrons. The van der Waals surface area contributed by atoms with E-state index >= 15 is 0 Å². The molecule has 0 saturated heterocycles. The number of ether oxygens (including phenoxy) is 3. The molecule has 1 aliphatic heterocycles. The van der Waals surface area contributed by atoms with Crippen molar-refractivity contribution in [2.75, 3.05) is 32.1 Å². The summed E-state index contributed by atoms with van der Waals surface area (Å²) in [6.07, 6.45) is 7.18. The Balaban J connectivity index is 1.36. The number of carbonyl (C=O) groups is 1. The van der Waals surface area contributed by atoms with Crippen molar-refractivity contribution in [3.8, 4) is 23.0 Å². The average Bonchev–Trinajstić information content (AvgIpc) is 3.47. The van der Waals surface area contributed by atoms with Crippen molar-refractivity contribution >= 4 is 23.2 Å². The molecule has 1 aromatic heterocycles. The van der Waals surface area contributed by atoms with Gasteiger partial charge in [-0.1, -0.05) is 42.6 Å². The number of rotatable bonds is 5. The lowest BCUT2D eigenvalue weighted by Gasteiger charge is -2.23. The van der Waals surface area contributed by atoms with E-state index in [1.807, 2.05) is 36.4 Å². The van der Waals surface area contributed by atoms with Gasteiger partial charge < -0.3 is 19.5 Å². The summed E-state index contributed by atoms with van der Waals surface area (Å²) in [7, 11) is 1.66. The third-order valence-electron chi connectivity index (χ3n) is 6.83. The first kappa shape index (κ1) is 28.4. The topological polar surface area (TPSA) is 90.7 Å². The lowest BCUT2D eigenvalue weighted by molar-refractivity contribution is -0.117. The van der Waals surface area contributed by atoms with Gasteiger partial charge in [0.2, 0.25) is 5.91 Å². The second-order valence-electron chi connectivity index (χ2n) is 9.95. The molecule has 0 atom stereocenters. The minimum atomic E-state index is -0.148. The Kier molecular flexibility index (Phi) is 9.72. The number of fused-ring (bicyclic) bond motifs is 2. The summed E-state index contributed by atoms with van der Waals surface area (Å²) in [5.41, 5.74) is 2.58. The average molecular weight is 576 g/mol. The highest BCUT2D eigenvalue weighted by atomic mass is 35.5. The largest absolute Gasteiger partial charge is 0.496 e. The maximum atomic E-state index is 13.4. The molecular weight excluding hydrogens is 542 g/mol. The molecule has 5 rings (SSSR count). The highest BCUT2D eigenvalue weighted by molar-refractivity contribution is 6.31. The first-order chi connectivity index (χ1) is 20.1. The van der Waals surface area contributed by atoms with Gasteiger partial charge in [-0.25, -0.2) is 9.67 Å². The second kappa shape index (κ2) is 14.0. The van der Waals surface area contributed by atoms with E-state index in [1.165, 1.54) is 6.33 Å². The summed E-state index contributed by atoms with van der Waals surface area (Å²) in [5, 5.41) is 7.74. The molecule has 3 aromatic carbocycles. The molecule has 0 unspecified atom stereocenters. The lowest BCUT2D eigenvalue weighted by atomic mass is 10.1. The van der Waals surface area contributed by atoms with Gasteiger partial charge in [0.25, 0.3) is 0 Å². The van der Waals surface area contributed by atoms with E-state index < -0.39 is 0 Å². The van der Waals surface area contributed by atoms with E-state index in [2.05, 4.69) is 26.4 Å². The highest BCUT2D eigenvalue weighted by Gasteiger charge is 2.17. The molecule has 1 aliphatic rings. The van der Waals surface area contributed by atoms with Gasteiger partial charge in [-0.15, -0.1) is 0 Å². The van der Waals surface area contributed by atoms with Gasteiger partial charge >= 0.3 is 0 Å². The van der Waals surface area contributed by atoms with Gasteiger partial charge in [0.1, 0.15) is 18.4 Å². The number of methoxy groups -OCH3 is 1. The van der Waals surface area contributed by atoms with E-state index in [-0.39, 0.29) is 12.5 Å². The molecule has 0 bridgehead atoms. The number of anilines is 1. The molecule has 1 amide bonds. The Morgan fingerprint density at radius 3 is 2.66 bits per heavy atom. The van der Waals surface area contributed by atoms with Gasteiger partial charge in [0.05, 0.1) is 32.5 Å². The fourth-order valence-electron chi connectivity index (χ4n) is 4.84. The quantitative estimate of drug-likeness (QED) is 0.304. The van der Waals surface area contributed by atoms with Crippen LogP contribution in [-0.4, -0.2) is 52.4 Å². The van der Waals surface area contributed by atoms with Crippen molar-refractivity contribution in [2.24, 2.45) is 0 Å². The molecule has 10 heteroatoms. The zero-order chi connectivity index (χ0) is 28.4. The zero-order valence-corrected chi connectivity index (χ0v) is 23.8. The Bertz CT molecular complexity index is 1450. The van der Waals surface area contributed by atoms with Gasteiger partial charge in [0, 0.05) is 17.1 Å². The van der Waals surface area contributed by atoms with E-state index in [1.54, 1.807) is 36.3 Å². The third kappa shape index (κ3) is 7.99. The number of halogens is 1. The summed E-state index contributed by atoms with van der Waals surface area (Å²) in [5.74, 6) is 2.38. The normalized spacial score (nSPS) is 15.1. The molecular formula is C31H34ClN5O4. The summed E-state index contributed by atoms with van der Waals surface area (Å²) < 4.78 is 19.6. The van der Waals surface area contributed by atoms with E-state index in [0.717, 1.165) is 49.1 Å². The van der Waals surface area contributed by atoms with Crippen LogP contribution in [0.5, 0.6) is 23.0 Å². The Hall–Kier alpha value is -4.08. The predicted octanol–water partition coefficient (Wildman–Crippen LogP) is 6.17. The van der Waals surface area contributed by atoms with Crippen LogP contribution >= 0.6 is 11.6 Å². The maximum absolute atomic E-state index is 13.4. The molecule has 4 aromatic rings. The summed E-state index contributed by atoms with van der Waals surface area (Å²) >= 11 is 6.30. The maximum Gasteiger partial charge on any atom is 0.238 e. The molecule has 9 nitrogen and oxygen atoms in total. The van der Waals surface area contributed by atoms with Crippen LogP contribution in [0.1, 0.15) is 36.8 Å². The van der Waals surface area contributed by atoms with Gasteiger partial charge in [0.15, 0.2) is 17.2 Å². The number of hydrogen-bond donors (Lipinski definition) is 1. The number of para-hydroxylation sites is 2. The Morgan fingerprint density at radius 2 is 1.83 bits per heavy atom. The first-order valence-electron chi connectivity index (χ1n) is 13.8. The number of hydrogen-bond acceptors (Lipinski definition) is 7. The molecule has 41 heavy (non-hydrogen) atoms. The third-order valence-corrected chi connectivity index (χ3v) is 7.06. The van der Waals surface area contributed by atoms with Gasteiger partial charge in [-0.3, -0.25) is 9.69 Å². The zero-order valence-electron chi connectivity index (χ0n) is 23.1.